The van der Waals surface area contributed by atoms with Gasteiger partial charge in [0.1, 0.15) is 36.9 Å². The Kier molecular flexibility index (Phi) is 6.83. The Hall–Kier alpha value is -4.34. The fourth-order valence-corrected chi connectivity index (χ4v) is 5.61. The summed E-state index contributed by atoms with van der Waals surface area (Å²) in [6.07, 6.45) is -1.25. The van der Waals surface area contributed by atoms with Crippen LogP contribution in [-0.4, -0.2) is 11.0 Å². The molecule has 0 bridgehead atoms. The molecule has 1 aromatic rings. The van der Waals surface area contributed by atoms with Crippen LogP contribution < -0.4 is 10.4 Å². The van der Waals surface area contributed by atoms with Gasteiger partial charge in [-0.05, 0) is 46.3 Å². The minimum atomic E-state index is -4.98. The molecular weight excluding hydrogens is 526 g/mol. The Bertz CT molecular complexity index is 1510. The van der Waals surface area contributed by atoms with Crippen molar-refractivity contribution in [1.29, 1.82) is 15.8 Å². The lowest BCUT2D eigenvalue weighted by Gasteiger charge is -2.17. The second-order valence-corrected chi connectivity index (χ2v) is 9.02. The number of nitriles is 3. The van der Waals surface area contributed by atoms with Gasteiger partial charge in [0, 0.05) is 27.0 Å². The maximum absolute atomic E-state index is 13.6. The molecule has 0 N–H and O–H groups in total. The van der Waals surface area contributed by atoms with Crippen molar-refractivity contribution in [1.82, 2.24) is 0 Å². The van der Waals surface area contributed by atoms with Crippen LogP contribution in [0.4, 0.5) is 26.3 Å². The number of nitrogens with zero attached hydrogens (tertiary/aromatic N) is 6. The lowest BCUT2D eigenvalue weighted by molar-refractivity contribution is -0.0339. The summed E-state index contributed by atoms with van der Waals surface area (Å²) < 4.78 is 81.8. The Morgan fingerprint density at radius 2 is 1.25 bits per heavy atom. The van der Waals surface area contributed by atoms with Crippen LogP contribution in [0.1, 0.15) is 11.1 Å². The van der Waals surface area contributed by atoms with E-state index in [0.29, 0.717) is 0 Å². The van der Waals surface area contributed by atoms with Crippen molar-refractivity contribution >= 4 is 34.8 Å². The molecule has 36 heavy (non-hydrogen) atoms. The quantitative estimate of drug-likeness (QED) is 0.230. The third kappa shape index (κ3) is 4.49. The number of alkyl halides is 6. The van der Waals surface area contributed by atoms with E-state index in [1.54, 1.807) is 6.07 Å². The zero-order valence-electron chi connectivity index (χ0n) is 17.2. The average Bonchev–Trinajstić information content (AvgIpc) is 3.35. The predicted molar refractivity (Wildman–Crippen MR) is 114 cm³/mol. The summed E-state index contributed by atoms with van der Waals surface area (Å²) in [6, 6.07) is 4.62. The highest BCUT2D eigenvalue weighted by Gasteiger charge is 2.42. The van der Waals surface area contributed by atoms with Gasteiger partial charge in [-0.25, -0.2) is 4.85 Å². The zero-order valence-corrected chi connectivity index (χ0v) is 18.8. The van der Waals surface area contributed by atoms with Crippen LogP contribution in [0.15, 0.2) is 32.3 Å². The van der Waals surface area contributed by atoms with E-state index >= 15 is 0 Å². The number of hydrogen-bond acceptors (Lipinski definition) is 5. The fourth-order valence-electron chi connectivity index (χ4n) is 3.90. The van der Waals surface area contributed by atoms with Crippen LogP contribution in [0, 0.1) is 53.7 Å². The Labute approximate surface area is 207 Å². The van der Waals surface area contributed by atoms with Gasteiger partial charge in [-0.15, -0.1) is 0 Å². The van der Waals surface area contributed by atoms with Crippen LogP contribution in [0.2, 0.25) is 0 Å². The molecule has 1 aromatic carbocycles. The molecule has 176 valence electrons. The molecule has 3 rings (SSSR count). The Morgan fingerprint density at radius 3 is 1.67 bits per heavy atom. The van der Waals surface area contributed by atoms with Crippen LogP contribution >= 0.6 is 23.5 Å². The fraction of sp³-hybridized carbons (Fsp3) is 0.182. The second-order valence-electron chi connectivity index (χ2n) is 6.86. The molecule has 0 unspecified atom stereocenters. The topological polar surface area (TPSA) is 84.5 Å². The molecule has 0 spiro atoms. The first kappa shape index (κ1) is 26.3. The van der Waals surface area contributed by atoms with E-state index in [2.05, 4.69) is 14.5 Å². The van der Waals surface area contributed by atoms with Crippen LogP contribution in [0.25, 0.3) is 25.8 Å². The zero-order chi connectivity index (χ0) is 27.0. The van der Waals surface area contributed by atoms with Gasteiger partial charge in [0.2, 0.25) is 0 Å². The number of fused-ring (bicyclic) bond motifs is 2. The summed E-state index contributed by atoms with van der Waals surface area (Å²) in [7, 11) is 0. The molecule has 0 radical (unpaired) electrons. The first-order chi connectivity index (χ1) is 16.8. The predicted octanol–water partition coefficient (Wildman–Crippen LogP) is 5.12. The molecule has 2 aliphatic rings. The summed E-state index contributed by atoms with van der Waals surface area (Å²) >= 11 is -1.43. The van der Waals surface area contributed by atoms with Gasteiger partial charge >= 0.3 is 16.8 Å². The minimum Gasteiger partial charge on any atom is -0.238 e. The SMILES string of the molecule is [C-]#[N+]C([N+]#[C-])=C1Cc2c(SC(F)(F)F)c3c(c(SC(F)(F)F)c2=C1[N+]#[C-])CC(=C(C#N)C#N)C=3C#N. The molecule has 0 saturated heterocycles. The summed E-state index contributed by atoms with van der Waals surface area (Å²) in [5, 5.41) is 27.2. The van der Waals surface area contributed by atoms with E-state index in [4.69, 9.17) is 19.7 Å². The first-order valence-electron chi connectivity index (χ1n) is 9.13. The Morgan fingerprint density at radius 1 is 0.778 bits per heavy atom. The standard InChI is InChI=1S/C22H4F6N6S2/c1-32-17-13(20(33-2)34-3)5-12-16(17)19(36-22(26,27)28)11-4-10(9(6-29)7-30)14(8-31)15(11)18(12)35-21(23,24)25/h4-5H2. The van der Waals surface area contributed by atoms with Gasteiger partial charge in [-0.3, -0.25) is 0 Å². The molecule has 0 heterocycles. The maximum atomic E-state index is 13.6. The van der Waals surface area contributed by atoms with Gasteiger partial charge in [0.25, 0.3) is 0 Å². The molecule has 0 aromatic heterocycles. The van der Waals surface area contributed by atoms with Gasteiger partial charge in [0.05, 0.1) is 17.7 Å². The number of thioether (sulfide) groups is 2. The molecule has 6 nitrogen and oxygen atoms in total. The normalized spacial score (nSPS) is 14.0. The lowest BCUT2D eigenvalue weighted by atomic mass is 10.0. The van der Waals surface area contributed by atoms with Gasteiger partial charge in [-0.1, -0.05) is 0 Å². The van der Waals surface area contributed by atoms with Crippen molar-refractivity contribution in [3.05, 3.63) is 78.4 Å². The number of benzene rings is 1. The van der Waals surface area contributed by atoms with Crippen molar-refractivity contribution in [2.24, 2.45) is 0 Å². The maximum Gasteiger partial charge on any atom is 0.512 e. The van der Waals surface area contributed by atoms with E-state index in [-0.39, 0.29) is 11.1 Å². The van der Waals surface area contributed by atoms with Gasteiger partial charge in [-0.2, -0.15) is 51.8 Å². The summed E-state index contributed by atoms with van der Waals surface area (Å²) in [5.74, 6) is -0.676. The molecule has 0 fully saturated rings. The molecule has 0 saturated carbocycles. The third-order valence-electron chi connectivity index (χ3n) is 5.05. The molecule has 14 heteroatoms. The van der Waals surface area contributed by atoms with Crippen LogP contribution in [-0.2, 0) is 12.8 Å². The largest absolute Gasteiger partial charge is 0.512 e. The molecule has 0 aliphatic heterocycles. The van der Waals surface area contributed by atoms with Crippen molar-refractivity contribution in [3.63, 3.8) is 0 Å². The smallest absolute Gasteiger partial charge is 0.238 e. The molecule has 0 amide bonds. The van der Waals surface area contributed by atoms with Crippen molar-refractivity contribution < 1.29 is 26.3 Å². The van der Waals surface area contributed by atoms with Crippen molar-refractivity contribution in [2.75, 3.05) is 0 Å². The van der Waals surface area contributed by atoms with Gasteiger partial charge in [0.15, 0.2) is 5.70 Å². The van der Waals surface area contributed by atoms with E-state index in [9.17, 15) is 42.1 Å². The van der Waals surface area contributed by atoms with E-state index in [0.717, 1.165) is 0 Å². The highest BCUT2D eigenvalue weighted by molar-refractivity contribution is 8.00. The molecule has 0 atom stereocenters. The highest BCUT2D eigenvalue weighted by Crippen LogP contribution is 2.46. The van der Waals surface area contributed by atoms with Crippen molar-refractivity contribution in [2.45, 2.75) is 33.6 Å². The van der Waals surface area contributed by atoms with E-state index in [1.807, 2.05) is 0 Å². The summed E-state index contributed by atoms with van der Waals surface area (Å²) in [5.41, 5.74) is -13.1. The van der Waals surface area contributed by atoms with E-state index < -0.39 is 101 Å². The summed E-state index contributed by atoms with van der Waals surface area (Å²) in [4.78, 5) is 7.74. The lowest BCUT2D eigenvalue weighted by Crippen LogP contribution is -2.26. The van der Waals surface area contributed by atoms with Gasteiger partial charge < -0.3 is 0 Å². The van der Waals surface area contributed by atoms with E-state index in [1.165, 1.54) is 12.1 Å². The monoisotopic (exact) mass is 530 g/mol. The highest BCUT2D eigenvalue weighted by atomic mass is 32.2. The second kappa shape index (κ2) is 9.37. The van der Waals surface area contributed by atoms with Crippen molar-refractivity contribution in [3.8, 4) is 18.2 Å². The first-order valence-corrected chi connectivity index (χ1v) is 10.8. The number of halogens is 6. The third-order valence-corrected chi connectivity index (χ3v) is 6.83. The van der Waals surface area contributed by atoms with Crippen LogP contribution in [0.5, 0.6) is 0 Å². The number of allylic oxidation sites excluding steroid dienone is 2. The number of rotatable bonds is 2. The van der Waals surface area contributed by atoms with Crippen LogP contribution in [0.3, 0.4) is 0 Å². The minimum absolute atomic E-state index is 0.314. The Balaban J connectivity index is 2.73. The summed E-state index contributed by atoms with van der Waals surface area (Å²) in [6.45, 7) is 21.8. The molecule has 2 aliphatic carbocycles. The number of hydrogen-bond donors (Lipinski definition) is 0. The molecular formula is C22H4F6N6S2. The average molecular weight is 530 g/mol.